The summed E-state index contributed by atoms with van der Waals surface area (Å²) in [6.45, 7) is 0.108. The lowest BCUT2D eigenvalue weighted by atomic mass is 9.95. The number of aliphatic hydroxyl groups is 1. The van der Waals surface area contributed by atoms with E-state index < -0.39 is 17.7 Å². The number of carbonyl (C=O) groups excluding carboxylic acids is 2. The van der Waals surface area contributed by atoms with E-state index in [1.807, 2.05) is 42.5 Å². The van der Waals surface area contributed by atoms with E-state index in [9.17, 15) is 14.7 Å². The number of hydrogen-bond donors (Lipinski definition) is 1. The highest BCUT2D eigenvalue weighted by molar-refractivity contribution is 9.10. The van der Waals surface area contributed by atoms with E-state index in [0.29, 0.717) is 28.3 Å². The van der Waals surface area contributed by atoms with Crippen molar-refractivity contribution in [2.75, 3.05) is 0 Å². The zero-order valence-corrected chi connectivity index (χ0v) is 20.6. The molecule has 36 heavy (non-hydrogen) atoms. The van der Waals surface area contributed by atoms with Crippen LogP contribution in [-0.2, 0) is 16.1 Å². The van der Waals surface area contributed by atoms with Crippen molar-refractivity contribution in [3.8, 4) is 11.5 Å². The molecule has 1 saturated heterocycles. The standard InChI is InChI=1S/C29H21BrN2O4/c30-21-14-12-19(13-15-21)27(33)25-26(32(29(35)28(25)34)18-22-8-4-5-16-31-22)20-7-6-11-24(17-20)36-23-9-2-1-3-10-23/h1-17,26,33H,18H2/b27-25-. The molecule has 0 radical (unpaired) electrons. The van der Waals surface area contributed by atoms with Crippen LogP contribution in [0.1, 0.15) is 22.9 Å². The third-order valence-corrected chi connectivity index (χ3v) is 6.40. The van der Waals surface area contributed by atoms with Gasteiger partial charge in [-0.25, -0.2) is 0 Å². The molecular weight excluding hydrogens is 520 g/mol. The van der Waals surface area contributed by atoms with Crippen LogP contribution in [0.15, 0.2) is 113 Å². The van der Waals surface area contributed by atoms with Gasteiger partial charge in [-0.3, -0.25) is 14.6 Å². The Hall–Kier alpha value is -4.23. The molecule has 0 saturated carbocycles. The molecule has 1 amide bonds. The quantitative estimate of drug-likeness (QED) is 0.177. The van der Waals surface area contributed by atoms with Crippen LogP contribution in [0, 0.1) is 0 Å². The lowest BCUT2D eigenvalue weighted by Crippen LogP contribution is -2.29. The maximum Gasteiger partial charge on any atom is 0.296 e. The minimum absolute atomic E-state index is 0.0233. The number of amides is 1. The fourth-order valence-corrected chi connectivity index (χ4v) is 4.46. The van der Waals surface area contributed by atoms with Crippen molar-refractivity contribution < 1.29 is 19.4 Å². The maximum absolute atomic E-state index is 13.3. The number of likely N-dealkylation sites (tertiary alicyclic amines) is 1. The van der Waals surface area contributed by atoms with Crippen LogP contribution < -0.4 is 4.74 Å². The normalized spacial score (nSPS) is 16.8. The molecule has 1 fully saturated rings. The highest BCUT2D eigenvalue weighted by Gasteiger charge is 2.46. The predicted octanol–water partition coefficient (Wildman–Crippen LogP) is 6.26. The molecule has 1 aromatic heterocycles. The minimum atomic E-state index is -0.824. The summed E-state index contributed by atoms with van der Waals surface area (Å²) in [5, 5.41) is 11.2. The summed E-state index contributed by atoms with van der Waals surface area (Å²) in [5.41, 5.74) is 1.73. The number of Topliss-reactive ketones (excluding diaryl/α,β-unsaturated/α-hetero) is 1. The second-order valence-corrected chi connectivity index (χ2v) is 9.16. The number of aromatic nitrogens is 1. The summed E-state index contributed by atoms with van der Waals surface area (Å²) in [7, 11) is 0. The lowest BCUT2D eigenvalue weighted by Gasteiger charge is -2.25. The lowest BCUT2D eigenvalue weighted by molar-refractivity contribution is -0.140. The van der Waals surface area contributed by atoms with Gasteiger partial charge in [0.25, 0.3) is 11.7 Å². The number of ketones is 1. The Balaban J connectivity index is 1.61. The van der Waals surface area contributed by atoms with Crippen molar-refractivity contribution in [1.82, 2.24) is 9.88 Å². The summed E-state index contributed by atoms with van der Waals surface area (Å²) >= 11 is 3.38. The third kappa shape index (κ3) is 4.78. The van der Waals surface area contributed by atoms with Gasteiger partial charge in [-0.15, -0.1) is 0 Å². The SMILES string of the molecule is O=C1C(=O)N(Cc2ccccn2)C(c2cccc(Oc3ccccc3)c2)/C1=C(/O)c1ccc(Br)cc1. The molecule has 7 heteroatoms. The molecule has 2 heterocycles. The molecule has 1 unspecified atom stereocenters. The fraction of sp³-hybridized carbons (Fsp3) is 0.0690. The molecule has 5 rings (SSSR count). The monoisotopic (exact) mass is 540 g/mol. The molecule has 0 spiro atoms. The number of hydrogen-bond acceptors (Lipinski definition) is 5. The molecule has 1 N–H and O–H groups in total. The summed E-state index contributed by atoms with van der Waals surface area (Å²) in [6.07, 6.45) is 1.64. The first-order chi connectivity index (χ1) is 17.5. The molecule has 3 aromatic carbocycles. The van der Waals surface area contributed by atoms with Crippen molar-refractivity contribution in [3.05, 3.63) is 130 Å². The van der Waals surface area contributed by atoms with E-state index >= 15 is 0 Å². The van der Waals surface area contributed by atoms with Gasteiger partial charge in [-0.1, -0.05) is 64.5 Å². The molecule has 4 aromatic rings. The summed E-state index contributed by atoms with van der Waals surface area (Å²) in [4.78, 5) is 32.3. The van der Waals surface area contributed by atoms with E-state index in [4.69, 9.17) is 4.74 Å². The highest BCUT2D eigenvalue weighted by atomic mass is 79.9. The van der Waals surface area contributed by atoms with Crippen molar-refractivity contribution in [2.45, 2.75) is 12.6 Å². The van der Waals surface area contributed by atoms with E-state index in [-0.39, 0.29) is 17.9 Å². The van der Waals surface area contributed by atoms with Gasteiger partial charge < -0.3 is 14.7 Å². The summed E-state index contributed by atoms with van der Waals surface area (Å²) < 4.78 is 6.83. The van der Waals surface area contributed by atoms with Crippen LogP contribution in [-0.4, -0.2) is 26.7 Å². The van der Waals surface area contributed by atoms with Gasteiger partial charge >= 0.3 is 0 Å². The number of pyridine rings is 1. The number of rotatable bonds is 6. The van der Waals surface area contributed by atoms with Gasteiger partial charge in [0.15, 0.2) is 0 Å². The smallest absolute Gasteiger partial charge is 0.296 e. The zero-order chi connectivity index (χ0) is 25.1. The van der Waals surface area contributed by atoms with Gasteiger partial charge in [0.2, 0.25) is 0 Å². The van der Waals surface area contributed by atoms with Crippen LogP contribution in [0.3, 0.4) is 0 Å². The predicted molar refractivity (Wildman–Crippen MR) is 139 cm³/mol. The molecule has 1 atom stereocenters. The molecule has 0 aliphatic carbocycles. The van der Waals surface area contributed by atoms with Crippen LogP contribution in [0.2, 0.25) is 0 Å². The number of ether oxygens (including phenoxy) is 1. The largest absolute Gasteiger partial charge is 0.507 e. The molecule has 6 nitrogen and oxygen atoms in total. The number of carbonyl (C=O) groups is 2. The van der Waals surface area contributed by atoms with Crippen LogP contribution in [0.5, 0.6) is 11.5 Å². The Labute approximate surface area is 216 Å². The van der Waals surface area contributed by atoms with E-state index in [2.05, 4.69) is 20.9 Å². The Bertz CT molecular complexity index is 1440. The van der Waals surface area contributed by atoms with E-state index in [1.54, 1.807) is 60.8 Å². The number of aliphatic hydroxyl groups excluding tert-OH is 1. The first-order valence-corrected chi connectivity index (χ1v) is 12.1. The molecular formula is C29H21BrN2O4. The maximum atomic E-state index is 13.3. The van der Waals surface area contributed by atoms with E-state index in [1.165, 1.54) is 4.90 Å². The van der Waals surface area contributed by atoms with Gasteiger partial charge in [0, 0.05) is 16.2 Å². The number of benzene rings is 3. The second kappa shape index (κ2) is 10.2. The first-order valence-electron chi connectivity index (χ1n) is 11.3. The summed E-state index contributed by atoms with van der Waals surface area (Å²) in [5.74, 6) is -0.467. The topological polar surface area (TPSA) is 79.7 Å². The van der Waals surface area contributed by atoms with Crippen LogP contribution >= 0.6 is 15.9 Å². The van der Waals surface area contributed by atoms with Gasteiger partial charge in [0.1, 0.15) is 17.3 Å². The van der Waals surface area contributed by atoms with Crippen molar-refractivity contribution >= 4 is 33.4 Å². The molecule has 178 valence electrons. The number of nitrogens with zero attached hydrogens (tertiary/aromatic N) is 2. The highest BCUT2D eigenvalue weighted by Crippen LogP contribution is 2.41. The Morgan fingerprint density at radius 2 is 1.61 bits per heavy atom. The Kier molecular flexibility index (Phi) is 6.64. The zero-order valence-electron chi connectivity index (χ0n) is 19.0. The van der Waals surface area contributed by atoms with Crippen LogP contribution in [0.25, 0.3) is 5.76 Å². The average Bonchev–Trinajstić information content (AvgIpc) is 3.15. The summed E-state index contributed by atoms with van der Waals surface area (Å²) in [6, 6.07) is 28.0. The number of para-hydroxylation sites is 1. The van der Waals surface area contributed by atoms with Gasteiger partial charge in [0.05, 0.1) is 23.9 Å². The van der Waals surface area contributed by atoms with Gasteiger partial charge in [-0.2, -0.15) is 0 Å². The molecule has 1 aliphatic rings. The first kappa shape index (κ1) is 23.5. The second-order valence-electron chi connectivity index (χ2n) is 8.24. The van der Waals surface area contributed by atoms with E-state index in [0.717, 1.165) is 4.47 Å². The van der Waals surface area contributed by atoms with Crippen molar-refractivity contribution in [3.63, 3.8) is 0 Å². The average molecular weight is 541 g/mol. The minimum Gasteiger partial charge on any atom is -0.507 e. The van der Waals surface area contributed by atoms with Crippen molar-refractivity contribution in [1.29, 1.82) is 0 Å². The van der Waals surface area contributed by atoms with Crippen molar-refractivity contribution in [2.24, 2.45) is 0 Å². The Morgan fingerprint density at radius 1 is 0.889 bits per heavy atom. The molecule has 0 bridgehead atoms. The molecule has 1 aliphatic heterocycles. The van der Waals surface area contributed by atoms with Crippen LogP contribution in [0.4, 0.5) is 0 Å². The number of halogens is 1. The third-order valence-electron chi connectivity index (χ3n) is 5.87. The fourth-order valence-electron chi connectivity index (χ4n) is 4.19. The van der Waals surface area contributed by atoms with Gasteiger partial charge in [-0.05, 0) is 54.1 Å². The Morgan fingerprint density at radius 3 is 2.33 bits per heavy atom.